The number of aromatic nitrogens is 3. The van der Waals surface area contributed by atoms with Crippen LogP contribution in [-0.4, -0.2) is 45.7 Å². The van der Waals surface area contributed by atoms with Crippen molar-refractivity contribution in [1.29, 1.82) is 0 Å². The van der Waals surface area contributed by atoms with Crippen molar-refractivity contribution in [2.24, 2.45) is 0 Å². The summed E-state index contributed by atoms with van der Waals surface area (Å²) in [5, 5.41) is 0.935. The Morgan fingerprint density at radius 3 is 3.04 bits per heavy atom. The number of ether oxygens (including phenoxy) is 1. The van der Waals surface area contributed by atoms with Crippen LogP contribution in [0.25, 0.3) is 22.3 Å². The topological polar surface area (TPSA) is 63.1 Å². The summed E-state index contributed by atoms with van der Waals surface area (Å²) in [6.07, 6.45) is 6.17. The van der Waals surface area contributed by atoms with Crippen LogP contribution in [0.2, 0.25) is 0 Å². The lowest BCUT2D eigenvalue weighted by molar-refractivity contribution is 0.245. The Balaban J connectivity index is 1.73. The van der Waals surface area contributed by atoms with Gasteiger partial charge in [-0.05, 0) is 50.2 Å². The zero-order chi connectivity index (χ0) is 18.1. The van der Waals surface area contributed by atoms with Crippen molar-refractivity contribution in [2.45, 2.75) is 32.4 Å². The maximum atomic E-state index is 12.6. The van der Waals surface area contributed by atoms with Gasteiger partial charge in [0.15, 0.2) is 0 Å². The predicted octanol–water partition coefficient (Wildman–Crippen LogP) is 2.88. The van der Waals surface area contributed by atoms with Gasteiger partial charge in [0.2, 0.25) is 0 Å². The molecule has 1 N–H and O–H groups in total. The normalized spacial score (nSPS) is 17.8. The number of fused-ring (bicyclic) bond motifs is 1. The molecule has 1 aliphatic heterocycles. The Bertz CT molecular complexity index is 975. The van der Waals surface area contributed by atoms with Crippen LogP contribution in [0.15, 0.2) is 41.5 Å². The number of hydrogen-bond donors (Lipinski definition) is 1. The third-order valence-electron chi connectivity index (χ3n) is 5.32. The van der Waals surface area contributed by atoms with Crippen LogP contribution in [0, 0.1) is 0 Å². The van der Waals surface area contributed by atoms with E-state index in [0.29, 0.717) is 11.6 Å². The SMILES string of the molecule is CCN1CCCC1Cn1ccnc1-c1cc2cc(OC)ccc2[nH]c1=O. The van der Waals surface area contributed by atoms with E-state index in [0.717, 1.165) is 42.1 Å². The average Bonchev–Trinajstić information content (AvgIpc) is 3.30. The van der Waals surface area contributed by atoms with Crippen molar-refractivity contribution >= 4 is 10.9 Å². The molecule has 0 amide bonds. The van der Waals surface area contributed by atoms with Crippen LogP contribution in [0.3, 0.4) is 0 Å². The summed E-state index contributed by atoms with van der Waals surface area (Å²) in [7, 11) is 1.64. The number of H-pyrrole nitrogens is 1. The molecule has 0 bridgehead atoms. The van der Waals surface area contributed by atoms with Crippen LogP contribution in [0.1, 0.15) is 19.8 Å². The maximum Gasteiger partial charge on any atom is 0.259 e. The van der Waals surface area contributed by atoms with Gasteiger partial charge >= 0.3 is 0 Å². The Hall–Kier alpha value is -2.60. The highest BCUT2D eigenvalue weighted by atomic mass is 16.5. The minimum absolute atomic E-state index is 0.117. The van der Waals surface area contributed by atoms with E-state index in [1.165, 1.54) is 12.8 Å². The van der Waals surface area contributed by atoms with Gasteiger partial charge in [-0.25, -0.2) is 4.98 Å². The number of nitrogens with zero attached hydrogens (tertiary/aromatic N) is 3. The fourth-order valence-electron chi connectivity index (χ4n) is 3.92. The molecule has 2 aromatic heterocycles. The van der Waals surface area contributed by atoms with Gasteiger partial charge in [0.25, 0.3) is 5.56 Å². The number of rotatable bonds is 5. The van der Waals surface area contributed by atoms with Crippen molar-refractivity contribution in [3.05, 3.63) is 47.0 Å². The third-order valence-corrected chi connectivity index (χ3v) is 5.32. The molecule has 1 fully saturated rings. The van der Waals surface area contributed by atoms with Gasteiger partial charge < -0.3 is 14.3 Å². The minimum Gasteiger partial charge on any atom is -0.497 e. The Morgan fingerprint density at radius 1 is 1.35 bits per heavy atom. The summed E-state index contributed by atoms with van der Waals surface area (Å²) in [4.78, 5) is 22.6. The number of likely N-dealkylation sites (tertiary alicyclic amines) is 1. The van der Waals surface area contributed by atoms with Crippen LogP contribution in [0.4, 0.5) is 0 Å². The van der Waals surface area contributed by atoms with Gasteiger partial charge in [0.1, 0.15) is 11.6 Å². The molecule has 4 rings (SSSR count). The number of pyridine rings is 1. The molecular weight excluding hydrogens is 328 g/mol. The second-order valence-corrected chi connectivity index (χ2v) is 6.79. The summed E-state index contributed by atoms with van der Waals surface area (Å²) >= 11 is 0. The first-order chi connectivity index (χ1) is 12.7. The Labute approximate surface area is 152 Å². The molecule has 1 unspecified atom stereocenters. The van der Waals surface area contributed by atoms with Crippen LogP contribution in [-0.2, 0) is 6.54 Å². The Morgan fingerprint density at radius 2 is 2.23 bits per heavy atom. The molecule has 3 heterocycles. The fourth-order valence-corrected chi connectivity index (χ4v) is 3.92. The zero-order valence-electron chi connectivity index (χ0n) is 15.2. The molecule has 0 saturated carbocycles. The first-order valence-electron chi connectivity index (χ1n) is 9.16. The molecule has 1 aromatic carbocycles. The van der Waals surface area contributed by atoms with Gasteiger partial charge in [-0.15, -0.1) is 0 Å². The average molecular weight is 352 g/mol. The molecule has 3 aromatic rings. The third kappa shape index (κ3) is 3.01. The minimum atomic E-state index is -0.117. The highest BCUT2D eigenvalue weighted by Crippen LogP contribution is 2.24. The lowest BCUT2D eigenvalue weighted by Gasteiger charge is -2.23. The lowest BCUT2D eigenvalue weighted by Crippen LogP contribution is -2.32. The van der Waals surface area contributed by atoms with E-state index < -0.39 is 0 Å². The number of nitrogens with one attached hydrogen (secondary N) is 1. The molecule has 0 radical (unpaired) electrons. The van der Waals surface area contributed by atoms with Crippen LogP contribution >= 0.6 is 0 Å². The summed E-state index contributed by atoms with van der Waals surface area (Å²) in [6, 6.07) is 8.05. The highest BCUT2D eigenvalue weighted by Gasteiger charge is 2.24. The van der Waals surface area contributed by atoms with E-state index in [2.05, 4.69) is 26.4 Å². The maximum absolute atomic E-state index is 12.6. The van der Waals surface area contributed by atoms with Crippen molar-refractivity contribution in [3.8, 4) is 17.1 Å². The highest BCUT2D eigenvalue weighted by molar-refractivity contribution is 5.83. The van der Waals surface area contributed by atoms with E-state index >= 15 is 0 Å². The van der Waals surface area contributed by atoms with Crippen molar-refractivity contribution in [2.75, 3.05) is 20.2 Å². The molecule has 1 atom stereocenters. The number of likely N-dealkylation sites (N-methyl/N-ethyl adjacent to an activating group) is 1. The Kier molecular flexibility index (Phi) is 4.51. The van der Waals surface area contributed by atoms with E-state index in [1.54, 1.807) is 13.3 Å². The summed E-state index contributed by atoms with van der Waals surface area (Å²) in [5.74, 6) is 1.49. The summed E-state index contributed by atoms with van der Waals surface area (Å²) in [5.41, 5.74) is 1.27. The fraction of sp³-hybridized carbons (Fsp3) is 0.400. The molecular formula is C20H24N4O2. The zero-order valence-corrected chi connectivity index (χ0v) is 15.2. The number of imidazole rings is 1. The van der Waals surface area contributed by atoms with E-state index in [1.807, 2.05) is 30.5 Å². The van der Waals surface area contributed by atoms with Gasteiger partial charge in [-0.3, -0.25) is 9.69 Å². The largest absolute Gasteiger partial charge is 0.497 e. The predicted molar refractivity (Wildman–Crippen MR) is 103 cm³/mol. The van der Waals surface area contributed by atoms with Gasteiger partial charge in [0, 0.05) is 35.9 Å². The smallest absolute Gasteiger partial charge is 0.259 e. The number of methoxy groups -OCH3 is 1. The lowest BCUT2D eigenvalue weighted by atomic mass is 10.1. The molecule has 136 valence electrons. The molecule has 1 aliphatic rings. The first kappa shape index (κ1) is 16.8. The second-order valence-electron chi connectivity index (χ2n) is 6.79. The molecule has 6 nitrogen and oxygen atoms in total. The second kappa shape index (κ2) is 6.96. The molecule has 1 saturated heterocycles. The van der Waals surface area contributed by atoms with Crippen LogP contribution < -0.4 is 10.3 Å². The van der Waals surface area contributed by atoms with E-state index in [4.69, 9.17) is 4.74 Å². The standard InChI is InChI=1S/C20H24N4O2/c1-3-23-9-4-5-15(23)13-24-10-8-21-19(24)17-12-14-11-16(26-2)6-7-18(14)22-20(17)25/h6-8,10-12,15H,3-5,9,13H2,1-2H3,(H,22,25). The number of benzene rings is 1. The molecule has 26 heavy (non-hydrogen) atoms. The number of aromatic amines is 1. The first-order valence-corrected chi connectivity index (χ1v) is 9.16. The molecule has 0 aliphatic carbocycles. The van der Waals surface area contributed by atoms with Crippen molar-refractivity contribution in [1.82, 2.24) is 19.4 Å². The van der Waals surface area contributed by atoms with Crippen molar-refractivity contribution in [3.63, 3.8) is 0 Å². The quantitative estimate of drug-likeness (QED) is 0.767. The number of hydrogen-bond acceptors (Lipinski definition) is 4. The van der Waals surface area contributed by atoms with Gasteiger partial charge in [-0.1, -0.05) is 6.92 Å². The van der Waals surface area contributed by atoms with Gasteiger partial charge in [0.05, 0.1) is 12.7 Å². The monoisotopic (exact) mass is 352 g/mol. The summed E-state index contributed by atoms with van der Waals surface area (Å²) in [6.45, 7) is 5.28. The van der Waals surface area contributed by atoms with E-state index in [9.17, 15) is 4.79 Å². The van der Waals surface area contributed by atoms with E-state index in [-0.39, 0.29) is 5.56 Å². The van der Waals surface area contributed by atoms with Crippen molar-refractivity contribution < 1.29 is 4.74 Å². The summed E-state index contributed by atoms with van der Waals surface area (Å²) < 4.78 is 7.41. The van der Waals surface area contributed by atoms with Gasteiger partial charge in [-0.2, -0.15) is 0 Å². The van der Waals surface area contributed by atoms with Crippen LogP contribution in [0.5, 0.6) is 5.75 Å². The molecule has 6 heteroatoms. The molecule has 0 spiro atoms.